The number of carbonyl (C=O) groups excluding carboxylic acids is 1. The van der Waals surface area contributed by atoms with E-state index in [1.165, 1.54) is 0 Å². The zero-order valence-corrected chi connectivity index (χ0v) is 9.10. The minimum Gasteiger partial charge on any atom is -0.325 e. The number of fused-ring (bicyclic) bond motifs is 1. The number of thioether (sulfide) groups is 1. The maximum absolute atomic E-state index is 11.4. The molecule has 4 heteroatoms. The molecule has 1 aromatic rings. The quantitative estimate of drug-likeness (QED) is 0.727. The summed E-state index contributed by atoms with van der Waals surface area (Å²) >= 11 is 1.63. The van der Waals surface area contributed by atoms with Crippen LogP contribution in [0.25, 0.3) is 0 Å². The van der Waals surface area contributed by atoms with Gasteiger partial charge in [-0.1, -0.05) is 6.92 Å². The summed E-state index contributed by atoms with van der Waals surface area (Å²) in [5.74, 6) is 0.0402. The molecule has 1 N–H and O–H groups in total. The summed E-state index contributed by atoms with van der Waals surface area (Å²) < 4.78 is 0. The number of hydrogen-bond donors (Lipinski definition) is 1. The molecular formula is C11H10N2OS. The van der Waals surface area contributed by atoms with Crippen LogP contribution in [0.1, 0.15) is 18.9 Å². The fourth-order valence-electron chi connectivity index (χ4n) is 1.51. The first-order valence-electron chi connectivity index (χ1n) is 4.69. The molecule has 0 aliphatic carbocycles. The lowest BCUT2D eigenvalue weighted by molar-refractivity contribution is -0.116. The lowest BCUT2D eigenvalue weighted by Gasteiger charge is -2.06. The van der Waals surface area contributed by atoms with E-state index in [1.807, 2.05) is 13.0 Å². The van der Waals surface area contributed by atoms with Crippen LogP contribution in [0.4, 0.5) is 5.69 Å². The van der Waals surface area contributed by atoms with E-state index in [0.717, 1.165) is 10.6 Å². The fourth-order valence-corrected chi connectivity index (χ4v) is 2.62. The molecular weight excluding hydrogens is 208 g/mol. The third-order valence-corrected chi connectivity index (χ3v) is 3.35. The monoisotopic (exact) mass is 218 g/mol. The standard InChI is InChI=1S/C11H10N2OS/c1-7-4-11(14)13-9-3-2-8(6-12)5-10(9)15-7/h2-3,5,7H,4H2,1H3,(H,13,14). The molecule has 1 aliphatic heterocycles. The van der Waals surface area contributed by atoms with Crippen LogP contribution in [0.5, 0.6) is 0 Å². The summed E-state index contributed by atoms with van der Waals surface area (Å²) in [5, 5.41) is 11.9. The van der Waals surface area contributed by atoms with E-state index >= 15 is 0 Å². The van der Waals surface area contributed by atoms with Gasteiger partial charge in [0.2, 0.25) is 5.91 Å². The van der Waals surface area contributed by atoms with E-state index in [1.54, 1.807) is 23.9 Å². The molecule has 1 aromatic carbocycles. The first-order chi connectivity index (χ1) is 7.19. The predicted octanol–water partition coefficient (Wildman–Crippen LogP) is 2.38. The van der Waals surface area contributed by atoms with Crippen molar-refractivity contribution in [1.82, 2.24) is 0 Å². The molecule has 1 amide bonds. The Morgan fingerprint density at radius 3 is 3.13 bits per heavy atom. The lowest BCUT2D eigenvalue weighted by Crippen LogP contribution is -2.13. The van der Waals surface area contributed by atoms with Gasteiger partial charge in [-0.25, -0.2) is 0 Å². The van der Waals surface area contributed by atoms with E-state index < -0.39 is 0 Å². The van der Waals surface area contributed by atoms with Crippen LogP contribution in [-0.4, -0.2) is 11.2 Å². The second-order valence-corrected chi connectivity index (χ2v) is 4.98. The highest BCUT2D eigenvalue weighted by atomic mass is 32.2. The average Bonchev–Trinajstić information content (AvgIpc) is 2.33. The second kappa shape index (κ2) is 3.95. The molecule has 0 fully saturated rings. The van der Waals surface area contributed by atoms with Gasteiger partial charge in [0, 0.05) is 16.6 Å². The topological polar surface area (TPSA) is 52.9 Å². The molecule has 1 aliphatic rings. The van der Waals surface area contributed by atoms with E-state index in [9.17, 15) is 4.79 Å². The third kappa shape index (κ3) is 2.13. The van der Waals surface area contributed by atoms with Gasteiger partial charge >= 0.3 is 0 Å². The first kappa shape index (κ1) is 10.1. The zero-order chi connectivity index (χ0) is 10.8. The largest absolute Gasteiger partial charge is 0.325 e. The molecule has 0 spiro atoms. The number of hydrogen-bond acceptors (Lipinski definition) is 3. The van der Waals surface area contributed by atoms with Crippen molar-refractivity contribution in [3.05, 3.63) is 23.8 Å². The molecule has 0 aromatic heterocycles. The third-order valence-electron chi connectivity index (χ3n) is 2.19. The molecule has 76 valence electrons. The highest BCUT2D eigenvalue weighted by Gasteiger charge is 2.18. The van der Waals surface area contributed by atoms with Crippen molar-refractivity contribution in [1.29, 1.82) is 5.26 Å². The van der Waals surface area contributed by atoms with Crippen molar-refractivity contribution < 1.29 is 4.79 Å². The van der Waals surface area contributed by atoms with Crippen molar-refractivity contribution in [2.75, 3.05) is 5.32 Å². The molecule has 2 rings (SSSR count). The Labute approximate surface area is 92.5 Å². The Balaban J connectivity index is 2.43. The summed E-state index contributed by atoms with van der Waals surface area (Å²) in [6.45, 7) is 2.01. The Hall–Kier alpha value is -1.47. The van der Waals surface area contributed by atoms with Crippen molar-refractivity contribution in [3.63, 3.8) is 0 Å². The highest BCUT2D eigenvalue weighted by molar-refractivity contribution is 8.00. The fraction of sp³-hybridized carbons (Fsp3) is 0.273. The SMILES string of the molecule is CC1CC(=O)Nc2ccc(C#N)cc2S1. The van der Waals surface area contributed by atoms with Gasteiger partial charge in [0.15, 0.2) is 0 Å². The van der Waals surface area contributed by atoms with E-state index in [4.69, 9.17) is 5.26 Å². The van der Waals surface area contributed by atoms with Gasteiger partial charge in [0.25, 0.3) is 0 Å². The number of carbonyl (C=O) groups is 1. The van der Waals surface area contributed by atoms with Gasteiger partial charge in [0.05, 0.1) is 17.3 Å². The van der Waals surface area contributed by atoms with Crippen molar-refractivity contribution in [2.45, 2.75) is 23.5 Å². The lowest BCUT2D eigenvalue weighted by atomic mass is 10.2. The highest BCUT2D eigenvalue weighted by Crippen LogP contribution is 2.35. The van der Waals surface area contributed by atoms with Gasteiger partial charge in [-0.3, -0.25) is 4.79 Å². The van der Waals surface area contributed by atoms with E-state index in [2.05, 4.69) is 11.4 Å². The van der Waals surface area contributed by atoms with Gasteiger partial charge in [0.1, 0.15) is 0 Å². The Morgan fingerprint density at radius 1 is 1.60 bits per heavy atom. The maximum atomic E-state index is 11.4. The molecule has 0 saturated carbocycles. The van der Waals surface area contributed by atoms with E-state index in [0.29, 0.717) is 12.0 Å². The maximum Gasteiger partial charge on any atom is 0.225 e. The number of nitriles is 1. The molecule has 15 heavy (non-hydrogen) atoms. The van der Waals surface area contributed by atoms with Gasteiger partial charge in [-0.2, -0.15) is 5.26 Å². The number of rotatable bonds is 0. The smallest absolute Gasteiger partial charge is 0.225 e. The molecule has 0 radical (unpaired) electrons. The number of benzene rings is 1. The van der Waals surface area contributed by atoms with Crippen molar-refractivity contribution in [3.8, 4) is 6.07 Å². The number of nitrogens with zero attached hydrogens (tertiary/aromatic N) is 1. The predicted molar refractivity (Wildman–Crippen MR) is 59.7 cm³/mol. The molecule has 1 heterocycles. The van der Waals surface area contributed by atoms with Crippen LogP contribution >= 0.6 is 11.8 Å². The van der Waals surface area contributed by atoms with Crippen molar-refractivity contribution in [2.24, 2.45) is 0 Å². The normalized spacial score (nSPS) is 19.7. The van der Waals surface area contributed by atoms with Crippen LogP contribution in [-0.2, 0) is 4.79 Å². The number of nitrogens with one attached hydrogen (secondary N) is 1. The molecule has 3 nitrogen and oxygen atoms in total. The van der Waals surface area contributed by atoms with Gasteiger partial charge in [-0.15, -0.1) is 11.8 Å². The molecule has 0 bridgehead atoms. The summed E-state index contributed by atoms with van der Waals surface area (Å²) in [6, 6.07) is 7.43. The average molecular weight is 218 g/mol. The zero-order valence-electron chi connectivity index (χ0n) is 8.28. The Morgan fingerprint density at radius 2 is 2.40 bits per heavy atom. The Kier molecular flexibility index (Phi) is 2.65. The van der Waals surface area contributed by atoms with Gasteiger partial charge in [-0.05, 0) is 18.2 Å². The second-order valence-electron chi connectivity index (χ2n) is 3.50. The summed E-state index contributed by atoms with van der Waals surface area (Å²) in [4.78, 5) is 12.4. The minimum atomic E-state index is 0.0402. The van der Waals surface area contributed by atoms with Crippen LogP contribution in [0.3, 0.4) is 0 Å². The van der Waals surface area contributed by atoms with Gasteiger partial charge < -0.3 is 5.32 Å². The van der Waals surface area contributed by atoms with Crippen LogP contribution < -0.4 is 5.32 Å². The van der Waals surface area contributed by atoms with Crippen molar-refractivity contribution >= 4 is 23.4 Å². The summed E-state index contributed by atoms with van der Waals surface area (Å²) in [5.41, 5.74) is 1.44. The van der Waals surface area contributed by atoms with Crippen LogP contribution in [0, 0.1) is 11.3 Å². The molecule has 1 atom stereocenters. The summed E-state index contributed by atoms with van der Waals surface area (Å²) in [6.07, 6.45) is 0.515. The summed E-state index contributed by atoms with van der Waals surface area (Å²) in [7, 11) is 0. The van der Waals surface area contributed by atoms with Crippen LogP contribution in [0.15, 0.2) is 23.1 Å². The minimum absolute atomic E-state index is 0.0402. The van der Waals surface area contributed by atoms with E-state index in [-0.39, 0.29) is 11.2 Å². The number of anilines is 1. The molecule has 0 saturated heterocycles. The molecule has 1 unspecified atom stereocenters. The first-order valence-corrected chi connectivity index (χ1v) is 5.57. The van der Waals surface area contributed by atoms with Crippen LogP contribution in [0.2, 0.25) is 0 Å². The Bertz CT molecular complexity index is 450. The number of amides is 1.